The van der Waals surface area contributed by atoms with Crippen LogP contribution in [0.1, 0.15) is 44.9 Å². The number of nitrogens with one attached hydrogen (secondary N) is 1. The smallest absolute Gasteiger partial charge is 0.237 e. The first-order chi connectivity index (χ1) is 8.33. The lowest BCUT2D eigenvalue weighted by atomic mass is 9.92. The fourth-order valence-corrected chi connectivity index (χ4v) is 3.20. The standard InChI is InChI=1S/C13H25N3O/c14-8-7-12-13(17)15-9-4-10-16(12)11-5-2-1-3-6-11/h11-12H,1-10,14H2,(H,15,17). The highest BCUT2D eigenvalue weighted by atomic mass is 16.2. The van der Waals surface area contributed by atoms with Crippen LogP contribution in [0.25, 0.3) is 0 Å². The quantitative estimate of drug-likeness (QED) is 0.768. The maximum absolute atomic E-state index is 12.0. The van der Waals surface area contributed by atoms with E-state index in [0.717, 1.165) is 25.9 Å². The molecule has 1 amide bonds. The third-order valence-electron chi connectivity index (χ3n) is 4.08. The lowest BCUT2D eigenvalue weighted by Crippen LogP contribution is -2.50. The van der Waals surface area contributed by atoms with Crippen LogP contribution >= 0.6 is 0 Å². The van der Waals surface area contributed by atoms with E-state index in [4.69, 9.17) is 5.73 Å². The molecule has 1 aliphatic heterocycles. The van der Waals surface area contributed by atoms with Crippen molar-refractivity contribution in [3.05, 3.63) is 0 Å². The van der Waals surface area contributed by atoms with Gasteiger partial charge in [0.05, 0.1) is 6.04 Å². The van der Waals surface area contributed by atoms with Gasteiger partial charge in [0.1, 0.15) is 0 Å². The zero-order valence-electron chi connectivity index (χ0n) is 10.7. The Morgan fingerprint density at radius 1 is 1.24 bits per heavy atom. The zero-order chi connectivity index (χ0) is 12.1. The summed E-state index contributed by atoms with van der Waals surface area (Å²) in [6, 6.07) is 0.634. The topological polar surface area (TPSA) is 58.4 Å². The van der Waals surface area contributed by atoms with Crippen molar-refractivity contribution in [2.45, 2.75) is 57.0 Å². The molecule has 17 heavy (non-hydrogen) atoms. The second-order valence-electron chi connectivity index (χ2n) is 5.27. The highest BCUT2D eigenvalue weighted by molar-refractivity contribution is 5.82. The first kappa shape index (κ1) is 12.8. The van der Waals surface area contributed by atoms with Gasteiger partial charge in [0.2, 0.25) is 5.91 Å². The van der Waals surface area contributed by atoms with E-state index in [9.17, 15) is 4.79 Å². The Morgan fingerprint density at radius 3 is 2.71 bits per heavy atom. The molecule has 0 radical (unpaired) electrons. The molecular weight excluding hydrogens is 214 g/mol. The lowest BCUT2D eigenvalue weighted by molar-refractivity contribution is -0.126. The second-order valence-corrected chi connectivity index (χ2v) is 5.27. The summed E-state index contributed by atoms with van der Waals surface area (Å²) in [6.45, 7) is 2.47. The average Bonchev–Trinajstić information content (AvgIpc) is 2.54. The Balaban J connectivity index is 2.05. The molecule has 1 unspecified atom stereocenters. The van der Waals surface area contributed by atoms with Gasteiger partial charge in [-0.05, 0) is 32.2 Å². The van der Waals surface area contributed by atoms with E-state index in [1.54, 1.807) is 0 Å². The monoisotopic (exact) mass is 239 g/mol. The first-order valence-corrected chi connectivity index (χ1v) is 7.06. The minimum atomic E-state index is 0.0191. The zero-order valence-corrected chi connectivity index (χ0v) is 10.7. The molecule has 98 valence electrons. The Labute approximate surface area is 104 Å². The van der Waals surface area contributed by atoms with Crippen LogP contribution in [0, 0.1) is 0 Å². The van der Waals surface area contributed by atoms with Gasteiger partial charge in [0, 0.05) is 19.1 Å². The third kappa shape index (κ3) is 3.19. The summed E-state index contributed by atoms with van der Waals surface area (Å²) >= 11 is 0. The van der Waals surface area contributed by atoms with E-state index in [2.05, 4.69) is 10.2 Å². The Hall–Kier alpha value is -0.610. The maximum atomic E-state index is 12.0. The van der Waals surface area contributed by atoms with Gasteiger partial charge in [-0.15, -0.1) is 0 Å². The molecular formula is C13H25N3O. The van der Waals surface area contributed by atoms with Crippen molar-refractivity contribution in [3.63, 3.8) is 0 Å². The van der Waals surface area contributed by atoms with Gasteiger partial charge in [0.25, 0.3) is 0 Å². The first-order valence-electron chi connectivity index (χ1n) is 7.06. The fraction of sp³-hybridized carbons (Fsp3) is 0.923. The predicted molar refractivity (Wildman–Crippen MR) is 68.7 cm³/mol. The van der Waals surface area contributed by atoms with Crippen molar-refractivity contribution in [1.29, 1.82) is 0 Å². The summed E-state index contributed by atoms with van der Waals surface area (Å²) in [7, 11) is 0. The van der Waals surface area contributed by atoms with Gasteiger partial charge in [-0.2, -0.15) is 0 Å². The molecule has 4 nitrogen and oxygen atoms in total. The average molecular weight is 239 g/mol. The van der Waals surface area contributed by atoms with E-state index in [1.807, 2.05) is 0 Å². The SMILES string of the molecule is NCCC1C(=O)NCCCN1C1CCCCC1. The maximum Gasteiger partial charge on any atom is 0.237 e. The number of hydrogen-bond acceptors (Lipinski definition) is 3. The number of rotatable bonds is 3. The summed E-state index contributed by atoms with van der Waals surface area (Å²) in [5.74, 6) is 0.193. The summed E-state index contributed by atoms with van der Waals surface area (Å²) in [5.41, 5.74) is 5.66. The van der Waals surface area contributed by atoms with Gasteiger partial charge < -0.3 is 11.1 Å². The minimum absolute atomic E-state index is 0.0191. The molecule has 1 aliphatic carbocycles. The van der Waals surface area contributed by atoms with Gasteiger partial charge in [-0.3, -0.25) is 9.69 Å². The van der Waals surface area contributed by atoms with Crippen LogP contribution in [-0.4, -0.2) is 42.5 Å². The number of nitrogens with zero attached hydrogens (tertiary/aromatic N) is 1. The molecule has 0 aromatic rings. The molecule has 1 atom stereocenters. The fourth-order valence-electron chi connectivity index (χ4n) is 3.20. The van der Waals surface area contributed by atoms with Crippen LogP contribution in [-0.2, 0) is 4.79 Å². The van der Waals surface area contributed by atoms with Gasteiger partial charge >= 0.3 is 0 Å². The van der Waals surface area contributed by atoms with E-state index < -0.39 is 0 Å². The predicted octanol–water partition coefficient (Wildman–Crippen LogP) is 0.858. The molecule has 0 aromatic heterocycles. The highest BCUT2D eigenvalue weighted by Crippen LogP contribution is 2.25. The summed E-state index contributed by atoms with van der Waals surface area (Å²) < 4.78 is 0. The van der Waals surface area contributed by atoms with Crippen LogP contribution in [0.15, 0.2) is 0 Å². The van der Waals surface area contributed by atoms with E-state index >= 15 is 0 Å². The van der Waals surface area contributed by atoms with Crippen molar-refractivity contribution in [3.8, 4) is 0 Å². The van der Waals surface area contributed by atoms with Crippen LogP contribution in [0.2, 0.25) is 0 Å². The van der Waals surface area contributed by atoms with E-state index in [1.165, 1.54) is 32.1 Å². The van der Waals surface area contributed by atoms with Crippen LogP contribution in [0.4, 0.5) is 0 Å². The number of carbonyl (C=O) groups is 1. The highest BCUT2D eigenvalue weighted by Gasteiger charge is 2.32. The van der Waals surface area contributed by atoms with Crippen molar-refractivity contribution in [1.82, 2.24) is 10.2 Å². The van der Waals surface area contributed by atoms with Crippen LogP contribution < -0.4 is 11.1 Å². The number of carbonyl (C=O) groups excluding carboxylic acids is 1. The van der Waals surface area contributed by atoms with E-state index in [0.29, 0.717) is 12.6 Å². The molecule has 2 fully saturated rings. The molecule has 0 bridgehead atoms. The molecule has 1 saturated heterocycles. The lowest BCUT2D eigenvalue weighted by Gasteiger charge is -2.37. The summed E-state index contributed by atoms with van der Waals surface area (Å²) in [4.78, 5) is 14.5. The van der Waals surface area contributed by atoms with Crippen LogP contribution in [0.5, 0.6) is 0 Å². The molecule has 3 N–H and O–H groups in total. The molecule has 2 aliphatic rings. The number of nitrogens with two attached hydrogens (primary N) is 1. The summed E-state index contributed by atoms with van der Waals surface area (Å²) in [5, 5.41) is 3.01. The van der Waals surface area contributed by atoms with Gasteiger partial charge in [-0.25, -0.2) is 0 Å². The Kier molecular flexibility index (Phi) is 4.80. The third-order valence-corrected chi connectivity index (χ3v) is 4.08. The molecule has 4 heteroatoms. The van der Waals surface area contributed by atoms with Crippen molar-refractivity contribution < 1.29 is 4.79 Å². The Bertz CT molecular complexity index is 251. The largest absolute Gasteiger partial charge is 0.355 e. The number of amides is 1. The number of hydrogen-bond donors (Lipinski definition) is 2. The van der Waals surface area contributed by atoms with Crippen molar-refractivity contribution in [2.24, 2.45) is 5.73 Å². The Morgan fingerprint density at radius 2 is 2.00 bits per heavy atom. The van der Waals surface area contributed by atoms with Gasteiger partial charge in [-0.1, -0.05) is 19.3 Å². The van der Waals surface area contributed by atoms with Crippen LogP contribution in [0.3, 0.4) is 0 Å². The molecule has 1 saturated carbocycles. The second kappa shape index (κ2) is 6.36. The normalized spacial score (nSPS) is 28.8. The minimum Gasteiger partial charge on any atom is -0.355 e. The van der Waals surface area contributed by atoms with Crippen molar-refractivity contribution >= 4 is 5.91 Å². The van der Waals surface area contributed by atoms with Crippen molar-refractivity contribution in [2.75, 3.05) is 19.6 Å². The molecule has 1 heterocycles. The molecule has 0 aromatic carbocycles. The van der Waals surface area contributed by atoms with Gasteiger partial charge in [0.15, 0.2) is 0 Å². The molecule has 0 spiro atoms. The van der Waals surface area contributed by atoms with E-state index in [-0.39, 0.29) is 11.9 Å². The molecule has 2 rings (SSSR count). The summed E-state index contributed by atoms with van der Waals surface area (Å²) in [6.07, 6.45) is 8.38.